The first kappa shape index (κ1) is 30.0. The van der Waals surface area contributed by atoms with Crippen molar-refractivity contribution in [2.24, 2.45) is 0 Å². The molecule has 0 heterocycles. The van der Waals surface area contributed by atoms with Crippen molar-refractivity contribution in [2.75, 3.05) is 9.80 Å². The van der Waals surface area contributed by atoms with Crippen LogP contribution < -0.4 is 9.80 Å². The van der Waals surface area contributed by atoms with Gasteiger partial charge in [0.2, 0.25) is 0 Å². The van der Waals surface area contributed by atoms with Crippen molar-refractivity contribution in [1.82, 2.24) is 0 Å². The third-order valence-electron chi connectivity index (χ3n) is 11.5. The molecular weight excluding hydrogens is 641 g/mol. The normalized spacial score (nSPS) is 12.7. The third kappa shape index (κ3) is 4.94. The zero-order valence-electron chi connectivity index (χ0n) is 29.3. The molecule has 3 aliphatic rings. The van der Waals surface area contributed by atoms with Crippen LogP contribution in [0.2, 0.25) is 0 Å². The molecule has 250 valence electrons. The van der Waals surface area contributed by atoms with Gasteiger partial charge in [-0.25, -0.2) is 0 Å². The highest BCUT2D eigenvalue weighted by molar-refractivity contribution is 5.88. The Morgan fingerprint density at radius 3 is 0.868 bits per heavy atom. The maximum atomic E-state index is 2.42. The molecule has 3 aliphatic carbocycles. The summed E-state index contributed by atoms with van der Waals surface area (Å²) in [6.07, 6.45) is 2.85. The van der Waals surface area contributed by atoms with E-state index in [9.17, 15) is 0 Å². The van der Waals surface area contributed by atoms with Gasteiger partial charge in [0.25, 0.3) is 0 Å². The lowest BCUT2D eigenvalue weighted by molar-refractivity contribution is 1.21. The van der Waals surface area contributed by atoms with E-state index in [1.807, 2.05) is 0 Å². The van der Waals surface area contributed by atoms with E-state index < -0.39 is 0 Å². The fourth-order valence-electron chi connectivity index (χ4n) is 9.05. The molecular formula is C51H36N2. The zero-order chi connectivity index (χ0) is 34.9. The van der Waals surface area contributed by atoms with Crippen molar-refractivity contribution in [2.45, 2.75) is 19.3 Å². The smallest absolute Gasteiger partial charge is 0.0464 e. The van der Waals surface area contributed by atoms with Gasteiger partial charge in [0.15, 0.2) is 0 Å². The van der Waals surface area contributed by atoms with E-state index in [0.29, 0.717) is 0 Å². The molecule has 0 saturated carbocycles. The Morgan fingerprint density at radius 1 is 0.226 bits per heavy atom. The number of fused-ring (bicyclic) bond motifs is 9. The van der Waals surface area contributed by atoms with Gasteiger partial charge in [0, 0.05) is 34.1 Å². The molecule has 0 fully saturated rings. The molecule has 0 N–H and O–H groups in total. The SMILES string of the molecule is c1ccc(N(c2ccc3c(c2)Cc2ccccc2-3)c2ccc3c(c2)Cc2cc(N(c4ccccc4)c4ccc5c(c4)Cc4ccccc4-5)ccc2-3)cc1. The number of hydrogen-bond acceptors (Lipinski definition) is 2. The van der Waals surface area contributed by atoms with Crippen LogP contribution in [-0.2, 0) is 19.3 Å². The van der Waals surface area contributed by atoms with Crippen molar-refractivity contribution in [3.63, 3.8) is 0 Å². The first-order chi connectivity index (χ1) is 26.2. The summed E-state index contributed by atoms with van der Waals surface area (Å²) in [6.45, 7) is 0. The van der Waals surface area contributed by atoms with Crippen molar-refractivity contribution >= 4 is 34.1 Å². The molecule has 0 saturated heterocycles. The fourth-order valence-corrected chi connectivity index (χ4v) is 9.05. The lowest BCUT2D eigenvalue weighted by Gasteiger charge is -2.27. The average molecular weight is 677 g/mol. The molecule has 0 aromatic heterocycles. The Bertz CT molecular complexity index is 2520. The van der Waals surface area contributed by atoms with E-state index in [1.54, 1.807) is 0 Å². The Hall–Kier alpha value is -6.64. The number of rotatable bonds is 6. The van der Waals surface area contributed by atoms with Gasteiger partial charge in [-0.05, 0) is 159 Å². The summed E-state index contributed by atoms with van der Waals surface area (Å²) in [6, 6.07) is 67.3. The molecule has 53 heavy (non-hydrogen) atoms. The Kier molecular flexibility index (Phi) is 6.78. The molecule has 0 aliphatic heterocycles. The highest BCUT2D eigenvalue weighted by atomic mass is 15.1. The van der Waals surface area contributed by atoms with Crippen LogP contribution in [0.1, 0.15) is 33.4 Å². The van der Waals surface area contributed by atoms with Crippen LogP contribution in [0.25, 0.3) is 33.4 Å². The fraction of sp³-hybridized carbons (Fsp3) is 0.0588. The number of hydrogen-bond donors (Lipinski definition) is 0. The molecule has 0 radical (unpaired) electrons. The summed E-state index contributed by atoms with van der Waals surface area (Å²) in [4.78, 5) is 4.84. The second-order valence-corrected chi connectivity index (χ2v) is 14.6. The van der Waals surface area contributed by atoms with E-state index in [2.05, 4.69) is 192 Å². The largest absolute Gasteiger partial charge is 0.310 e. The molecule has 8 aromatic rings. The van der Waals surface area contributed by atoms with Gasteiger partial charge in [-0.1, -0.05) is 109 Å². The summed E-state index contributed by atoms with van der Waals surface area (Å²) >= 11 is 0. The summed E-state index contributed by atoms with van der Waals surface area (Å²) in [5.74, 6) is 0. The van der Waals surface area contributed by atoms with Gasteiger partial charge >= 0.3 is 0 Å². The average Bonchev–Trinajstić information content (AvgIpc) is 3.89. The maximum absolute atomic E-state index is 2.42. The van der Waals surface area contributed by atoms with Crippen LogP contribution in [0, 0.1) is 0 Å². The number of nitrogens with zero attached hydrogens (tertiary/aromatic N) is 2. The van der Waals surface area contributed by atoms with E-state index in [0.717, 1.165) is 30.6 Å². The number of benzene rings is 8. The highest BCUT2D eigenvalue weighted by Crippen LogP contribution is 2.47. The second kappa shape index (κ2) is 12.0. The predicted octanol–water partition coefficient (Wildman–Crippen LogP) is 13.3. The van der Waals surface area contributed by atoms with Gasteiger partial charge < -0.3 is 9.80 Å². The summed E-state index contributed by atoms with van der Waals surface area (Å²) in [5, 5.41) is 0. The Morgan fingerprint density at radius 2 is 0.509 bits per heavy atom. The van der Waals surface area contributed by atoms with Crippen LogP contribution >= 0.6 is 0 Å². The Labute approximate surface area is 310 Å². The molecule has 0 spiro atoms. The first-order valence-corrected chi connectivity index (χ1v) is 18.6. The lowest BCUT2D eigenvalue weighted by atomic mass is 10.0. The van der Waals surface area contributed by atoms with Crippen LogP contribution in [0.5, 0.6) is 0 Å². The predicted molar refractivity (Wildman–Crippen MR) is 221 cm³/mol. The van der Waals surface area contributed by atoms with Gasteiger partial charge in [0.05, 0.1) is 0 Å². The van der Waals surface area contributed by atoms with Gasteiger partial charge in [-0.3, -0.25) is 0 Å². The molecule has 2 nitrogen and oxygen atoms in total. The monoisotopic (exact) mass is 676 g/mol. The molecule has 0 bridgehead atoms. The number of anilines is 6. The van der Waals surface area contributed by atoms with Crippen molar-refractivity contribution in [3.05, 3.63) is 215 Å². The van der Waals surface area contributed by atoms with Crippen molar-refractivity contribution in [3.8, 4) is 33.4 Å². The van der Waals surface area contributed by atoms with E-state index >= 15 is 0 Å². The van der Waals surface area contributed by atoms with Crippen LogP contribution in [0.4, 0.5) is 34.1 Å². The van der Waals surface area contributed by atoms with E-state index in [4.69, 9.17) is 0 Å². The molecule has 2 heteroatoms. The topological polar surface area (TPSA) is 6.48 Å². The minimum atomic E-state index is 0.899. The third-order valence-corrected chi connectivity index (χ3v) is 11.5. The molecule has 8 aromatic carbocycles. The van der Waals surface area contributed by atoms with Gasteiger partial charge in [0.1, 0.15) is 0 Å². The zero-order valence-corrected chi connectivity index (χ0v) is 29.3. The Balaban J connectivity index is 0.955. The van der Waals surface area contributed by atoms with E-state index in [1.165, 1.54) is 89.5 Å². The van der Waals surface area contributed by atoms with Crippen LogP contribution in [0.15, 0.2) is 182 Å². The molecule has 0 atom stereocenters. The molecule has 0 unspecified atom stereocenters. The molecule has 11 rings (SSSR count). The molecule has 0 amide bonds. The van der Waals surface area contributed by atoms with Gasteiger partial charge in [-0.15, -0.1) is 0 Å². The van der Waals surface area contributed by atoms with Crippen LogP contribution in [0.3, 0.4) is 0 Å². The van der Waals surface area contributed by atoms with Crippen LogP contribution in [-0.4, -0.2) is 0 Å². The minimum Gasteiger partial charge on any atom is -0.310 e. The summed E-state index contributed by atoms with van der Waals surface area (Å²) in [5.41, 5.74) is 23.5. The summed E-state index contributed by atoms with van der Waals surface area (Å²) < 4.78 is 0. The summed E-state index contributed by atoms with van der Waals surface area (Å²) in [7, 11) is 0. The van der Waals surface area contributed by atoms with Crippen molar-refractivity contribution in [1.29, 1.82) is 0 Å². The minimum absolute atomic E-state index is 0.899. The lowest BCUT2D eigenvalue weighted by Crippen LogP contribution is -2.10. The standard InChI is InChI=1S/C51H36N2/c1-3-13-40(14-4-1)52(42-19-23-48-36(30-42)27-34-11-7-9-17-46(34)48)44-21-25-50-38(32-44)29-39-33-45(22-26-51(39)50)53(41-15-5-2-6-16-41)43-20-24-49-37(31-43)28-35-12-8-10-18-47(35)49/h1-26,30-33H,27-29H2. The van der Waals surface area contributed by atoms with E-state index in [-0.39, 0.29) is 0 Å². The second-order valence-electron chi connectivity index (χ2n) is 14.6. The number of para-hydroxylation sites is 2. The van der Waals surface area contributed by atoms with Crippen molar-refractivity contribution < 1.29 is 0 Å². The quantitative estimate of drug-likeness (QED) is 0.173. The maximum Gasteiger partial charge on any atom is 0.0464 e. The first-order valence-electron chi connectivity index (χ1n) is 18.6. The van der Waals surface area contributed by atoms with Gasteiger partial charge in [-0.2, -0.15) is 0 Å². The highest BCUT2D eigenvalue weighted by Gasteiger charge is 2.26.